The Labute approximate surface area is 141 Å². The molecule has 0 amide bonds. The summed E-state index contributed by atoms with van der Waals surface area (Å²) in [6.07, 6.45) is 3.46. The van der Waals surface area contributed by atoms with E-state index in [4.69, 9.17) is 0 Å². The van der Waals surface area contributed by atoms with Crippen molar-refractivity contribution in [3.63, 3.8) is 0 Å². The van der Waals surface area contributed by atoms with Gasteiger partial charge in [-0.15, -0.1) is 0 Å². The van der Waals surface area contributed by atoms with Gasteiger partial charge in [0, 0.05) is 35.4 Å². The van der Waals surface area contributed by atoms with Crippen LogP contribution in [0.2, 0.25) is 0 Å². The van der Waals surface area contributed by atoms with Gasteiger partial charge in [0.1, 0.15) is 11.5 Å². The summed E-state index contributed by atoms with van der Waals surface area (Å²) in [5, 5.41) is 19.8. The fourth-order valence-electron chi connectivity index (χ4n) is 2.80. The number of hydrogen-bond donors (Lipinski definition) is 2. The van der Waals surface area contributed by atoms with E-state index in [0.29, 0.717) is 35.4 Å². The van der Waals surface area contributed by atoms with E-state index in [0.717, 1.165) is 0 Å². The van der Waals surface area contributed by atoms with E-state index in [1.807, 2.05) is 24.1 Å². The Balaban J connectivity index is 1.98. The van der Waals surface area contributed by atoms with Gasteiger partial charge in [-0.1, -0.05) is 36.4 Å². The van der Waals surface area contributed by atoms with Crippen molar-refractivity contribution < 1.29 is 15.0 Å². The summed E-state index contributed by atoms with van der Waals surface area (Å²) >= 11 is 0. The fraction of sp³-hybridized carbons (Fsp3) is 0.150. The van der Waals surface area contributed by atoms with Gasteiger partial charge in [0.2, 0.25) is 0 Å². The van der Waals surface area contributed by atoms with Crippen molar-refractivity contribution in [1.82, 2.24) is 4.90 Å². The number of phenols is 2. The predicted octanol–water partition coefficient (Wildman–Crippen LogP) is 3.08. The third kappa shape index (κ3) is 3.39. The summed E-state index contributed by atoms with van der Waals surface area (Å²) in [6.45, 7) is 1.04. The number of piperidine rings is 1. The van der Waals surface area contributed by atoms with Gasteiger partial charge in [-0.25, -0.2) is 0 Å². The monoisotopic (exact) mass is 321 g/mol. The summed E-state index contributed by atoms with van der Waals surface area (Å²) in [7, 11) is 1.93. The molecule has 0 saturated carbocycles. The number of ketones is 1. The van der Waals surface area contributed by atoms with Crippen LogP contribution in [0.15, 0.2) is 59.7 Å². The standard InChI is InChI=1S/C20H19NO3/c1-21-12-16(10-14-6-2-4-8-18(14)22)20(24)17(13-21)11-15-7-3-5-9-19(15)23/h2-11,22-23H,12-13H2,1H3/b16-10-,17-11+. The Hall–Kier alpha value is -2.85. The lowest BCUT2D eigenvalue weighted by Crippen LogP contribution is -2.34. The van der Waals surface area contributed by atoms with E-state index in [1.165, 1.54) is 0 Å². The maximum atomic E-state index is 12.8. The van der Waals surface area contributed by atoms with Gasteiger partial charge in [0.15, 0.2) is 5.78 Å². The summed E-state index contributed by atoms with van der Waals surface area (Å²) in [6, 6.07) is 13.9. The van der Waals surface area contributed by atoms with E-state index < -0.39 is 0 Å². The Morgan fingerprint density at radius 1 is 0.833 bits per heavy atom. The number of aromatic hydroxyl groups is 2. The zero-order valence-electron chi connectivity index (χ0n) is 13.4. The average Bonchev–Trinajstić information content (AvgIpc) is 2.56. The lowest BCUT2D eigenvalue weighted by atomic mass is 9.94. The molecule has 1 fully saturated rings. The number of benzene rings is 2. The summed E-state index contributed by atoms with van der Waals surface area (Å²) in [5.41, 5.74) is 2.48. The summed E-state index contributed by atoms with van der Waals surface area (Å²) < 4.78 is 0. The highest BCUT2D eigenvalue weighted by Gasteiger charge is 2.24. The maximum absolute atomic E-state index is 12.8. The molecule has 0 unspecified atom stereocenters. The van der Waals surface area contributed by atoms with Crippen molar-refractivity contribution in [3.05, 3.63) is 70.8 Å². The highest BCUT2D eigenvalue weighted by Crippen LogP contribution is 2.26. The quantitative estimate of drug-likeness (QED) is 0.835. The lowest BCUT2D eigenvalue weighted by molar-refractivity contribution is -0.113. The topological polar surface area (TPSA) is 60.8 Å². The molecule has 0 bridgehead atoms. The van der Waals surface area contributed by atoms with Crippen LogP contribution in [0.5, 0.6) is 11.5 Å². The Morgan fingerprint density at radius 2 is 1.25 bits per heavy atom. The molecule has 0 atom stereocenters. The first-order valence-corrected chi connectivity index (χ1v) is 7.75. The third-order valence-corrected chi connectivity index (χ3v) is 4.00. The number of likely N-dealkylation sites (tertiary alicyclic amines) is 1. The van der Waals surface area contributed by atoms with Crippen molar-refractivity contribution in [1.29, 1.82) is 0 Å². The molecular formula is C20H19NO3. The highest BCUT2D eigenvalue weighted by atomic mass is 16.3. The molecule has 122 valence electrons. The zero-order chi connectivity index (χ0) is 17.1. The molecule has 2 aromatic rings. The molecule has 2 N–H and O–H groups in total. The molecule has 1 aliphatic heterocycles. The van der Waals surface area contributed by atoms with Crippen molar-refractivity contribution in [2.24, 2.45) is 0 Å². The number of phenolic OH excluding ortho intramolecular Hbond substituents is 2. The number of carbonyl (C=O) groups is 1. The molecule has 4 heteroatoms. The van der Waals surface area contributed by atoms with Crippen LogP contribution in [0.25, 0.3) is 12.2 Å². The van der Waals surface area contributed by atoms with Crippen LogP contribution in [0, 0.1) is 0 Å². The molecule has 0 spiro atoms. The minimum absolute atomic E-state index is 0.0559. The van der Waals surface area contributed by atoms with E-state index in [9.17, 15) is 15.0 Å². The van der Waals surface area contributed by atoms with Crippen molar-refractivity contribution in [3.8, 4) is 11.5 Å². The smallest absolute Gasteiger partial charge is 0.187 e. The van der Waals surface area contributed by atoms with Gasteiger partial charge in [-0.3, -0.25) is 9.69 Å². The number of likely N-dealkylation sites (N-methyl/N-ethyl adjacent to an activating group) is 1. The van der Waals surface area contributed by atoms with Gasteiger partial charge < -0.3 is 10.2 Å². The van der Waals surface area contributed by atoms with E-state index in [1.54, 1.807) is 48.6 Å². The van der Waals surface area contributed by atoms with Gasteiger partial charge in [0.05, 0.1) is 0 Å². The van der Waals surface area contributed by atoms with Crippen molar-refractivity contribution in [2.45, 2.75) is 0 Å². The first-order valence-electron chi connectivity index (χ1n) is 7.75. The van der Waals surface area contributed by atoms with Crippen LogP contribution in [0.3, 0.4) is 0 Å². The first kappa shape index (κ1) is 16.0. The zero-order valence-corrected chi connectivity index (χ0v) is 13.4. The van der Waals surface area contributed by atoms with Gasteiger partial charge in [-0.2, -0.15) is 0 Å². The van der Waals surface area contributed by atoms with Crippen LogP contribution >= 0.6 is 0 Å². The number of Topliss-reactive ketones (excluding diaryl/α,β-unsaturated/α-hetero) is 1. The summed E-state index contributed by atoms with van der Waals surface area (Å²) in [5.74, 6) is 0.245. The maximum Gasteiger partial charge on any atom is 0.187 e. The van der Waals surface area contributed by atoms with Crippen LogP contribution in [0.1, 0.15) is 11.1 Å². The van der Waals surface area contributed by atoms with Crippen molar-refractivity contribution >= 4 is 17.9 Å². The predicted molar refractivity (Wildman–Crippen MR) is 94.7 cm³/mol. The molecule has 24 heavy (non-hydrogen) atoms. The molecule has 1 aliphatic rings. The molecule has 4 nitrogen and oxygen atoms in total. The normalized spacial score (nSPS) is 19.1. The van der Waals surface area contributed by atoms with Crippen LogP contribution in [-0.2, 0) is 4.79 Å². The molecule has 0 aliphatic carbocycles. The Kier molecular flexibility index (Phi) is 4.49. The highest BCUT2D eigenvalue weighted by molar-refractivity contribution is 6.14. The number of rotatable bonds is 2. The van der Waals surface area contributed by atoms with Gasteiger partial charge in [0.25, 0.3) is 0 Å². The summed E-state index contributed by atoms with van der Waals surface area (Å²) in [4.78, 5) is 14.8. The van der Waals surface area contributed by atoms with Gasteiger partial charge in [-0.05, 0) is 31.3 Å². The third-order valence-electron chi connectivity index (χ3n) is 4.00. The molecule has 3 rings (SSSR count). The Bertz CT molecular complexity index is 769. The second-order valence-electron chi connectivity index (χ2n) is 5.96. The molecular weight excluding hydrogens is 302 g/mol. The minimum atomic E-state index is -0.0559. The lowest BCUT2D eigenvalue weighted by Gasteiger charge is -2.26. The second kappa shape index (κ2) is 6.72. The van der Waals surface area contributed by atoms with E-state index in [-0.39, 0.29) is 17.3 Å². The molecule has 0 aromatic heterocycles. The molecule has 1 heterocycles. The number of carbonyl (C=O) groups excluding carboxylic acids is 1. The van der Waals surface area contributed by atoms with Crippen molar-refractivity contribution in [2.75, 3.05) is 20.1 Å². The van der Waals surface area contributed by atoms with Crippen LogP contribution < -0.4 is 0 Å². The first-order chi connectivity index (χ1) is 11.5. The molecule has 1 saturated heterocycles. The molecule has 0 radical (unpaired) electrons. The number of hydrogen-bond acceptors (Lipinski definition) is 4. The SMILES string of the molecule is CN1C/C(=C/c2ccccc2O)C(=O)/C(=C/c2ccccc2O)C1. The largest absolute Gasteiger partial charge is 0.507 e. The number of para-hydroxylation sites is 2. The van der Waals surface area contributed by atoms with E-state index >= 15 is 0 Å². The van der Waals surface area contributed by atoms with Gasteiger partial charge >= 0.3 is 0 Å². The van der Waals surface area contributed by atoms with Crippen LogP contribution in [-0.4, -0.2) is 41.0 Å². The average molecular weight is 321 g/mol. The number of nitrogens with zero attached hydrogens (tertiary/aromatic N) is 1. The minimum Gasteiger partial charge on any atom is -0.507 e. The molecule has 2 aromatic carbocycles. The van der Waals surface area contributed by atoms with E-state index in [2.05, 4.69) is 0 Å². The Morgan fingerprint density at radius 3 is 1.67 bits per heavy atom. The second-order valence-corrected chi connectivity index (χ2v) is 5.96. The fourth-order valence-corrected chi connectivity index (χ4v) is 2.80. The van der Waals surface area contributed by atoms with Crippen LogP contribution in [0.4, 0.5) is 0 Å².